The minimum atomic E-state index is 0.119. The fraction of sp³-hybridized carbons (Fsp3) is 0.692. The maximum absolute atomic E-state index is 12.1. The summed E-state index contributed by atoms with van der Waals surface area (Å²) in [6.07, 6.45) is 4.99. The fourth-order valence-electron chi connectivity index (χ4n) is 1.89. The first kappa shape index (κ1) is 13.7. The molecular formula is C13H23N3O. The van der Waals surface area contributed by atoms with E-state index in [1.54, 1.807) is 15.8 Å². The first-order chi connectivity index (χ1) is 8.06. The summed E-state index contributed by atoms with van der Waals surface area (Å²) in [5.41, 5.74) is 1.06. The number of amides is 1. The van der Waals surface area contributed by atoms with Gasteiger partial charge < -0.3 is 4.90 Å². The number of hydrogen-bond acceptors (Lipinski definition) is 2. The highest BCUT2D eigenvalue weighted by Gasteiger charge is 2.17. The third-order valence-electron chi connectivity index (χ3n) is 3.11. The van der Waals surface area contributed by atoms with Crippen molar-refractivity contribution in [3.05, 3.63) is 18.0 Å². The molecule has 1 aromatic rings. The van der Waals surface area contributed by atoms with Crippen LogP contribution in [0.5, 0.6) is 0 Å². The summed E-state index contributed by atoms with van der Waals surface area (Å²) in [6.45, 7) is 4.79. The molecule has 0 unspecified atom stereocenters. The molecule has 0 aliphatic carbocycles. The number of hydrogen-bond donors (Lipinski definition) is 0. The quantitative estimate of drug-likeness (QED) is 0.760. The molecule has 0 bridgehead atoms. The smallest absolute Gasteiger partial charge is 0.225 e. The highest BCUT2D eigenvalue weighted by molar-refractivity contribution is 5.78. The molecule has 1 rings (SSSR count). The van der Waals surface area contributed by atoms with E-state index >= 15 is 0 Å². The Morgan fingerprint density at radius 2 is 2.29 bits per heavy atom. The summed E-state index contributed by atoms with van der Waals surface area (Å²) in [5, 5.41) is 4.10. The monoisotopic (exact) mass is 237 g/mol. The van der Waals surface area contributed by atoms with Crippen LogP contribution in [0.15, 0.2) is 12.3 Å². The Hall–Kier alpha value is -1.32. The maximum Gasteiger partial charge on any atom is 0.225 e. The number of aromatic nitrogens is 2. The lowest BCUT2D eigenvalue weighted by atomic mass is 10.0. The third kappa shape index (κ3) is 3.88. The zero-order valence-electron chi connectivity index (χ0n) is 11.3. The molecule has 4 nitrogen and oxygen atoms in total. The number of unbranched alkanes of at least 4 members (excludes halogenated alkanes) is 1. The van der Waals surface area contributed by atoms with Crippen molar-refractivity contribution < 1.29 is 4.79 Å². The van der Waals surface area contributed by atoms with Gasteiger partial charge in [0.1, 0.15) is 0 Å². The van der Waals surface area contributed by atoms with E-state index in [0.717, 1.165) is 25.0 Å². The van der Waals surface area contributed by atoms with Gasteiger partial charge in [-0.05, 0) is 12.5 Å². The molecule has 0 aliphatic heterocycles. The van der Waals surface area contributed by atoms with Gasteiger partial charge in [-0.2, -0.15) is 5.10 Å². The molecular weight excluding hydrogens is 214 g/mol. The van der Waals surface area contributed by atoms with E-state index in [2.05, 4.69) is 12.0 Å². The largest absolute Gasteiger partial charge is 0.340 e. The zero-order chi connectivity index (χ0) is 12.8. The van der Waals surface area contributed by atoms with E-state index in [1.807, 2.05) is 27.1 Å². The van der Waals surface area contributed by atoms with E-state index in [4.69, 9.17) is 0 Å². The number of rotatable bonds is 6. The summed E-state index contributed by atoms with van der Waals surface area (Å²) in [7, 11) is 3.76. The molecule has 0 saturated carbocycles. The molecule has 0 aliphatic rings. The third-order valence-corrected chi connectivity index (χ3v) is 3.11. The Balaban J connectivity index is 2.49. The van der Waals surface area contributed by atoms with Crippen LogP contribution in [0.4, 0.5) is 0 Å². The van der Waals surface area contributed by atoms with E-state index in [-0.39, 0.29) is 11.8 Å². The summed E-state index contributed by atoms with van der Waals surface area (Å²) in [6, 6.07) is 1.94. The number of carbonyl (C=O) groups is 1. The van der Waals surface area contributed by atoms with Gasteiger partial charge in [-0.1, -0.05) is 26.7 Å². The van der Waals surface area contributed by atoms with Gasteiger partial charge in [-0.25, -0.2) is 0 Å². The van der Waals surface area contributed by atoms with E-state index in [9.17, 15) is 4.79 Å². The molecule has 0 saturated heterocycles. The van der Waals surface area contributed by atoms with Gasteiger partial charge in [0.25, 0.3) is 0 Å². The van der Waals surface area contributed by atoms with Crippen molar-refractivity contribution in [1.82, 2.24) is 14.7 Å². The lowest BCUT2D eigenvalue weighted by Crippen LogP contribution is -2.31. The normalized spacial score (nSPS) is 12.5. The van der Waals surface area contributed by atoms with Gasteiger partial charge in [0.15, 0.2) is 0 Å². The van der Waals surface area contributed by atoms with E-state index < -0.39 is 0 Å². The summed E-state index contributed by atoms with van der Waals surface area (Å²) in [4.78, 5) is 13.9. The minimum absolute atomic E-state index is 0.119. The van der Waals surface area contributed by atoms with Gasteiger partial charge in [0, 0.05) is 26.2 Å². The van der Waals surface area contributed by atoms with Gasteiger partial charge in [-0.3, -0.25) is 9.48 Å². The van der Waals surface area contributed by atoms with Gasteiger partial charge >= 0.3 is 0 Å². The predicted octanol–water partition coefficient (Wildman–Crippen LogP) is 2.20. The van der Waals surface area contributed by atoms with Crippen molar-refractivity contribution in [2.75, 3.05) is 7.05 Å². The van der Waals surface area contributed by atoms with E-state index in [1.165, 1.54) is 0 Å². The second-order valence-electron chi connectivity index (χ2n) is 4.68. The summed E-state index contributed by atoms with van der Waals surface area (Å²) >= 11 is 0. The first-order valence-electron chi connectivity index (χ1n) is 6.28. The molecule has 0 aromatic carbocycles. The molecule has 17 heavy (non-hydrogen) atoms. The Bertz CT molecular complexity index is 359. The lowest BCUT2D eigenvalue weighted by Gasteiger charge is -2.21. The molecule has 1 atom stereocenters. The van der Waals surface area contributed by atoms with Crippen LogP contribution < -0.4 is 0 Å². The molecule has 1 amide bonds. The van der Waals surface area contributed by atoms with Crippen molar-refractivity contribution in [2.45, 2.75) is 39.7 Å². The number of aryl methyl sites for hydroxylation is 1. The summed E-state index contributed by atoms with van der Waals surface area (Å²) in [5.74, 6) is 0.341. The highest BCUT2D eigenvalue weighted by atomic mass is 16.2. The SMILES string of the molecule is CCCC[C@H](C)C(=O)N(C)Cc1ccnn1C. The Kier molecular flexibility index (Phi) is 5.19. The van der Waals surface area contributed by atoms with Crippen LogP contribution in [0.1, 0.15) is 38.8 Å². The van der Waals surface area contributed by atoms with Gasteiger partial charge in [-0.15, -0.1) is 0 Å². The van der Waals surface area contributed by atoms with Crippen molar-refractivity contribution in [2.24, 2.45) is 13.0 Å². The van der Waals surface area contributed by atoms with Crippen molar-refractivity contribution in [1.29, 1.82) is 0 Å². The Labute approximate surface area is 104 Å². The second kappa shape index (κ2) is 6.42. The number of carbonyl (C=O) groups excluding carboxylic acids is 1. The van der Waals surface area contributed by atoms with Gasteiger partial charge in [0.05, 0.1) is 12.2 Å². The van der Waals surface area contributed by atoms with Crippen molar-refractivity contribution >= 4 is 5.91 Å². The molecule has 4 heteroatoms. The Morgan fingerprint density at radius 1 is 1.59 bits per heavy atom. The standard InChI is InChI=1S/C13H23N3O/c1-5-6-7-11(2)13(17)15(3)10-12-8-9-14-16(12)4/h8-9,11H,5-7,10H2,1-4H3/t11-/m0/s1. The van der Waals surface area contributed by atoms with Crippen LogP contribution in [0.2, 0.25) is 0 Å². The molecule has 96 valence electrons. The Morgan fingerprint density at radius 3 is 2.82 bits per heavy atom. The number of nitrogens with zero attached hydrogens (tertiary/aromatic N) is 3. The second-order valence-corrected chi connectivity index (χ2v) is 4.68. The summed E-state index contributed by atoms with van der Waals surface area (Å²) < 4.78 is 1.81. The van der Waals surface area contributed by atoms with Crippen LogP contribution in [0.25, 0.3) is 0 Å². The molecule has 0 fully saturated rings. The minimum Gasteiger partial charge on any atom is -0.340 e. The van der Waals surface area contributed by atoms with Crippen LogP contribution in [0, 0.1) is 5.92 Å². The molecule has 0 spiro atoms. The molecule has 0 radical (unpaired) electrons. The van der Waals surface area contributed by atoms with E-state index in [0.29, 0.717) is 6.54 Å². The first-order valence-corrected chi connectivity index (χ1v) is 6.28. The molecule has 0 N–H and O–H groups in total. The van der Waals surface area contributed by atoms with Crippen molar-refractivity contribution in [3.8, 4) is 0 Å². The topological polar surface area (TPSA) is 38.1 Å². The van der Waals surface area contributed by atoms with Gasteiger partial charge in [0.2, 0.25) is 5.91 Å². The maximum atomic E-state index is 12.1. The van der Waals surface area contributed by atoms with Crippen LogP contribution >= 0.6 is 0 Å². The molecule has 1 heterocycles. The zero-order valence-corrected chi connectivity index (χ0v) is 11.3. The average molecular weight is 237 g/mol. The van der Waals surface area contributed by atoms with Crippen LogP contribution in [-0.4, -0.2) is 27.6 Å². The van der Waals surface area contributed by atoms with Crippen molar-refractivity contribution in [3.63, 3.8) is 0 Å². The lowest BCUT2D eigenvalue weighted by molar-refractivity contribution is -0.134. The van der Waals surface area contributed by atoms with Crippen LogP contribution in [0.3, 0.4) is 0 Å². The highest BCUT2D eigenvalue weighted by Crippen LogP contribution is 2.12. The fourth-order valence-corrected chi connectivity index (χ4v) is 1.89. The predicted molar refractivity (Wildman–Crippen MR) is 68.4 cm³/mol. The molecule has 1 aromatic heterocycles. The van der Waals surface area contributed by atoms with Crippen LogP contribution in [-0.2, 0) is 18.4 Å². The average Bonchev–Trinajstić information content (AvgIpc) is 2.70.